The third kappa shape index (κ3) is 3.29. The average molecular weight is 266 g/mol. The number of amides is 1. The molecule has 0 saturated carbocycles. The summed E-state index contributed by atoms with van der Waals surface area (Å²) in [6.45, 7) is 3.10. The van der Waals surface area contributed by atoms with Crippen molar-refractivity contribution in [2.75, 3.05) is 19.9 Å². The molecule has 1 aliphatic rings. The van der Waals surface area contributed by atoms with Gasteiger partial charge >= 0.3 is 0 Å². The summed E-state index contributed by atoms with van der Waals surface area (Å²) in [7, 11) is 0. The van der Waals surface area contributed by atoms with Crippen molar-refractivity contribution < 1.29 is 19.0 Å². The van der Waals surface area contributed by atoms with Gasteiger partial charge in [0.25, 0.3) is 5.91 Å². The molecule has 6 heteroatoms. The first-order valence-corrected chi connectivity index (χ1v) is 6.26. The predicted molar refractivity (Wildman–Crippen MR) is 69.3 cm³/mol. The van der Waals surface area contributed by atoms with Gasteiger partial charge in [-0.15, -0.1) is 0 Å². The Morgan fingerprint density at radius 3 is 2.84 bits per heavy atom. The van der Waals surface area contributed by atoms with Gasteiger partial charge in [-0.05, 0) is 12.5 Å². The van der Waals surface area contributed by atoms with E-state index < -0.39 is 0 Å². The molecule has 19 heavy (non-hydrogen) atoms. The molecule has 0 radical (unpaired) electrons. The number of hydrogen-bond donors (Lipinski definition) is 2. The highest BCUT2D eigenvalue weighted by molar-refractivity contribution is 5.77. The Kier molecular flexibility index (Phi) is 4.46. The van der Waals surface area contributed by atoms with Crippen LogP contribution in [0.15, 0.2) is 12.1 Å². The predicted octanol–water partition coefficient (Wildman–Crippen LogP) is 0.779. The van der Waals surface area contributed by atoms with Crippen LogP contribution in [0.4, 0.5) is 0 Å². The first-order chi connectivity index (χ1) is 9.24. The molecule has 0 aliphatic carbocycles. The van der Waals surface area contributed by atoms with Crippen molar-refractivity contribution in [2.45, 2.75) is 19.9 Å². The van der Waals surface area contributed by atoms with Crippen LogP contribution in [0.5, 0.6) is 17.2 Å². The van der Waals surface area contributed by atoms with Gasteiger partial charge in [0.05, 0.1) is 0 Å². The minimum absolute atomic E-state index is 0.0351. The summed E-state index contributed by atoms with van der Waals surface area (Å²) in [6, 6.07) is 3.49. The van der Waals surface area contributed by atoms with Gasteiger partial charge in [0.1, 0.15) is 5.75 Å². The van der Waals surface area contributed by atoms with E-state index in [0.717, 1.165) is 12.0 Å². The van der Waals surface area contributed by atoms with E-state index in [1.165, 1.54) is 0 Å². The Balaban J connectivity index is 2.01. The highest BCUT2D eigenvalue weighted by Gasteiger charge is 2.18. The van der Waals surface area contributed by atoms with E-state index in [2.05, 4.69) is 5.32 Å². The lowest BCUT2D eigenvalue weighted by atomic mass is 10.2. The molecule has 0 aromatic heterocycles. The second-order valence-electron chi connectivity index (χ2n) is 4.16. The van der Waals surface area contributed by atoms with Gasteiger partial charge in [0.2, 0.25) is 6.79 Å². The summed E-state index contributed by atoms with van der Waals surface area (Å²) in [6.07, 6.45) is 0.893. The number of fused-ring (bicyclic) bond motifs is 1. The van der Waals surface area contributed by atoms with E-state index in [4.69, 9.17) is 19.9 Å². The largest absolute Gasteiger partial charge is 0.483 e. The van der Waals surface area contributed by atoms with Gasteiger partial charge in [0.15, 0.2) is 18.1 Å². The fraction of sp³-hybridized carbons (Fsp3) is 0.462. The Labute approximate surface area is 111 Å². The van der Waals surface area contributed by atoms with Crippen molar-refractivity contribution >= 4 is 5.91 Å². The second-order valence-corrected chi connectivity index (χ2v) is 4.16. The zero-order valence-corrected chi connectivity index (χ0v) is 10.9. The van der Waals surface area contributed by atoms with Gasteiger partial charge in [-0.25, -0.2) is 0 Å². The molecule has 3 N–H and O–H groups in total. The van der Waals surface area contributed by atoms with E-state index in [1.807, 2.05) is 6.92 Å². The molecule has 1 amide bonds. The van der Waals surface area contributed by atoms with Crippen molar-refractivity contribution in [3.8, 4) is 17.2 Å². The minimum Gasteiger partial charge on any atom is -0.483 e. The normalized spacial score (nSPS) is 12.3. The lowest BCUT2D eigenvalue weighted by Crippen LogP contribution is -2.29. The zero-order valence-electron chi connectivity index (χ0n) is 10.9. The summed E-state index contributed by atoms with van der Waals surface area (Å²) in [5, 5.41) is 2.74. The smallest absolute Gasteiger partial charge is 0.257 e. The van der Waals surface area contributed by atoms with E-state index in [-0.39, 0.29) is 19.3 Å². The number of carbonyl (C=O) groups excluding carboxylic acids is 1. The van der Waals surface area contributed by atoms with Crippen molar-refractivity contribution in [3.05, 3.63) is 17.7 Å². The highest BCUT2D eigenvalue weighted by atomic mass is 16.7. The van der Waals surface area contributed by atoms with E-state index >= 15 is 0 Å². The van der Waals surface area contributed by atoms with Crippen molar-refractivity contribution in [1.82, 2.24) is 5.32 Å². The molecule has 1 aromatic carbocycles. The van der Waals surface area contributed by atoms with Crippen LogP contribution >= 0.6 is 0 Å². The quantitative estimate of drug-likeness (QED) is 0.795. The molecular weight excluding hydrogens is 248 g/mol. The molecule has 1 heterocycles. The Morgan fingerprint density at radius 2 is 2.16 bits per heavy atom. The lowest BCUT2D eigenvalue weighted by molar-refractivity contribution is -0.123. The highest BCUT2D eigenvalue weighted by Crippen LogP contribution is 2.37. The summed E-state index contributed by atoms with van der Waals surface area (Å²) < 4.78 is 16.0. The SMILES string of the molecule is CCCNC(=O)COc1cc2c(cc1CN)OCO2. The summed E-state index contributed by atoms with van der Waals surface area (Å²) in [5.41, 5.74) is 6.44. The number of nitrogens with two attached hydrogens (primary N) is 1. The molecule has 0 atom stereocenters. The Bertz CT molecular complexity index is 462. The van der Waals surface area contributed by atoms with Crippen molar-refractivity contribution in [3.63, 3.8) is 0 Å². The van der Waals surface area contributed by atoms with Crippen LogP contribution in [0.1, 0.15) is 18.9 Å². The van der Waals surface area contributed by atoms with Gasteiger partial charge in [0, 0.05) is 24.7 Å². The molecule has 2 rings (SSSR count). The van der Waals surface area contributed by atoms with Gasteiger partial charge in [-0.2, -0.15) is 0 Å². The molecule has 0 spiro atoms. The molecule has 0 bridgehead atoms. The van der Waals surface area contributed by atoms with Crippen LogP contribution in [0.25, 0.3) is 0 Å². The monoisotopic (exact) mass is 266 g/mol. The fourth-order valence-electron chi connectivity index (χ4n) is 1.72. The van der Waals surface area contributed by atoms with Crippen LogP contribution in [-0.2, 0) is 11.3 Å². The third-order valence-electron chi connectivity index (χ3n) is 2.71. The van der Waals surface area contributed by atoms with Crippen LogP contribution < -0.4 is 25.3 Å². The second kappa shape index (κ2) is 6.29. The number of ether oxygens (including phenoxy) is 3. The molecule has 0 fully saturated rings. The van der Waals surface area contributed by atoms with Crippen molar-refractivity contribution in [1.29, 1.82) is 0 Å². The molecule has 104 valence electrons. The first-order valence-electron chi connectivity index (χ1n) is 6.26. The van der Waals surface area contributed by atoms with Gasteiger partial charge in [-0.1, -0.05) is 6.92 Å². The lowest BCUT2D eigenvalue weighted by Gasteiger charge is -2.11. The minimum atomic E-state index is -0.150. The topological polar surface area (TPSA) is 82.8 Å². The first kappa shape index (κ1) is 13.5. The molecule has 1 aromatic rings. The summed E-state index contributed by atoms with van der Waals surface area (Å²) in [5.74, 6) is 1.67. The Hall–Kier alpha value is -1.95. The van der Waals surface area contributed by atoms with Crippen LogP contribution in [0.3, 0.4) is 0 Å². The van der Waals surface area contributed by atoms with E-state index in [9.17, 15) is 4.79 Å². The number of rotatable bonds is 6. The van der Waals surface area contributed by atoms with Crippen LogP contribution in [-0.4, -0.2) is 25.9 Å². The third-order valence-corrected chi connectivity index (χ3v) is 2.71. The number of nitrogens with one attached hydrogen (secondary N) is 1. The van der Waals surface area contributed by atoms with Crippen LogP contribution in [0.2, 0.25) is 0 Å². The summed E-state index contributed by atoms with van der Waals surface area (Å²) >= 11 is 0. The molecule has 1 aliphatic heterocycles. The van der Waals surface area contributed by atoms with Crippen LogP contribution in [0, 0.1) is 0 Å². The average Bonchev–Trinajstić information content (AvgIpc) is 2.88. The molecule has 6 nitrogen and oxygen atoms in total. The molecule has 0 unspecified atom stereocenters. The number of carbonyl (C=O) groups is 1. The standard InChI is InChI=1S/C13H18N2O4/c1-2-3-15-13(16)7-17-10-5-12-11(18-8-19-12)4-9(10)6-14/h4-5H,2-3,6-8,14H2,1H3,(H,15,16). The molecular formula is C13H18N2O4. The maximum Gasteiger partial charge on any atom is 0.257 e. The number of hydrogen-bond acceptors (Lipinski definition) is 5. The zero-order chi connectivity index (χ0) is 13.7. The van der Waals surface area contributed by atoms with Crippen molar-refractivity contribution in [2.24, 2.45) is 5.73 Å². The van der Waals surface area contributed by atoms with E-state index in [1.54, 1.807) is 12.1 Å². The number of benzene rings is 1. The fourth-order valence-corrected chi connectivity index (χ4v) is 1.72. The Morgan fingerprint density at radius 1 is 1.42 bits per heavy atom. The maximum absolute atomic E-state index is 11.5. The van der Waals surface area contributed by atoms with Gasteiger partial charge in [-0.3, -0.25) is 4.79 Å². The maximum atomic E-state index is 11.5. The molecule has 0 saturated heterocycles. The summed E-state index contributed by atoms with van der Waals surface area (Å²) in [4.78, 5) is 11.5. The van der Waals surface area contributed by atoms with E-state index in [0.29, 0.717) is 30.3 Å². The van der Waals surface area contributed by atoms with Gasteiger partial charge < -0.3 is 25.3 Å².